The van der Waals surface area contributed by atoms with Gasteiger partial charge in [0.1, 0.15) is 4.90 Å². The topological polar surface area (TPSA) is 111 Å². The number of thiophene rings is 1. The molecule has 0 fully saturated rings. The zero-order valence-electron chi connectivity index (χ0n) is 8.96. The average molecular weight is 353 g/mol. The number of hydrogen-bond acceptors (Lipinski definition) is 7. The minimum atomic E-state index is -3.62. The standard InChI is InChI=1S/C8H9BrN4O3S2/c9-8-6(1-5(2-10)17-8)18(14,15)12-3-7-11-4-16-13-7/h1,4,12H,2-3,10H2. The molecule has 0 amide bonds. The highest BCUT2D eigenvalue weighted by Gasteiger charge is 2.20. The summed E-state index contributed by atoms with van der Waals surface area (Å²) in [5.41, 5.74) is 5.47. The number of hydrogen-bond donors (Lipinski definition) is 2. The number of aromatic nitrogens is 2. The third-order valence-electron chi connectivity index (χ3n) is 2.02. The van der Waals surface area contributed by atoms with Gasteiger partial charge >= 0.3 is 0 Å². The van der Waals surface area contributed by atoms with E-state index in [1.54, 1.807) is 0 Å². The lowest BCUT2D eigenvalue weighted by molar-refractivity contribution is 0.409. The van der Waals surface area contributed by atoms with Crippen molar-refractivity contribution in [1.82, 2.24) is 14.9 Å². The predicted molar refractivity (Wildman–Crippen MR) is 68.2 cm³/mol. The Kier molecular flexibility index (Phi) is 4.12. The van der Waals surface area contributed by atoms with Gasteiger partial charge in [-0.15, -0.1) is 11.3 Å². The van der Waals surface area contributed by atoms with E-state index in [1.165, 1.54) is 17.4 Å². The molecule has 2 aromatic heterocycles. The van der Waals surface area contributed by atoms with Crippen molar-refractivity contribution in [3.8, 4) is 0 Å². The first-order valence-corrected chi connectivity index (χ1v) is 7.85. The van der Waals surface area contributed by atoms with Gasteiger partial charge in [-0.25, -0.2) is 13.1 Å². The summed E-state index contributed by atoms with van der Waals surface area (Å²) < 4.78 is 31.4. The van der Waals surface area contributed by atoms with Crippen molar-refractivity contribution in [3.63, 3.8) is 0 Å². The summed E-state index contributed by atoms with van der Waals surface area (Å²) in [7, 11) is -3.62. The van der Waals surface area contributed by atoms with Crippen molar-refractivity contribution in [2.75, 3.05) is 0 Å². The Bertz CT molecular complexity index is 623. The first-order chi connectivity index (χ1) is 8.53. The van der Waals surface area contributed by atoms with Gasteiger partial charge in [0, 0.05) is 11.4 Å². The van der Waals surface area contributed by atoms with E-state index in [4.69, 9.17) is 5.73 Å². The maximum absolute atomic E-state index is 12.0. The third-order valence-corrected chi connectivity index (χ3v) is 5.70. The largest absolute Gasteiger partial charge is 0.343 e. The normalized spacial score (nSPS) is 11.9. The molecule has 0 spiro atoms. The summed E-state index contributed by atoms with van der Waals surface area (Å²) in [4.78, 5) is 4.67. The van der Waals surface area contributed by atoms with Crippen molar-refractivity contribution in [2.45, 2.75) is 18.0 Å². The Labute approximate surface area is 116 Å². The van der Waals surface area contributed by atoms with Gasteiger partial charge < -0.3 is 10.3 Å². The zero-order chi connectivity index (χ0) is 13.2. The highest BCUT2D eigenvalue weighted by molar-refractivity contribution is 9.11. The van der Waals surface area contributed by atoms with Crippen LogP contribution in [0.15, 0.2) is 25.7 Å². The molecule has 0 aliphatic rings. The van der Waals surface area contributed by atoms with Crippen LogP contribution in [0, 0.1) is 0 Å². The van der Waals surface area contributed by atoms with Gasteiger partial charge in [-0.05, 0) is 22.0 Å². The van der Waals surface area contributed by atoms with E-state index in [9.17, 15) is 8.42 Å². The van der Waals surface area contributed by atoms with E-state index in [-0.39, 0.29) is 17.3 Å². The Morgan fingerprint density at radius 3 is 2.89 bits per heavy atom. The maximum Gasteiger partial charge on any atom is 0.242 e. The van der Waals surface area contributed by atoms with E-state index in [0.717, 1.165) is 11.3 Å². The van der Waals surface area contributed by atoms with Gasteiger partial charge in [-0.1, -0.05) is 5.16 Å². The highest BCUT2D eigenvalue weighted by atomic mass is 79.9. The Balaban J connectivity index is 2.17. The second kappa shape index (κ2) is 5.45. The Morgan fingerprint density at radius 1 is 1.56 bits per heavy atom. The van der Waals surface area contributed by atoms with Crippen LogP contribution in [0.2, 0.25) is 0 Å². The first-order valence-electron chi connectivity index (χ1n) is 4.76. The molecule has 7 nitrogen and oxygen atoms in total. The maximum atomic E-state index is 12.0. The van der Waals surface area contributed by atoms with E-state index in [0.29, 0.717) is 10.3 Å². The molecule has 0 radical (unpaired) electrons. The molecule has 0 unspecified atom stereocenters. The Hall–Kier alpha value is -0.810. The summed E-state index contributed by atoms with van der Waals surface area (Å²) in [6.07, 6.45) is 1.14. The van der Waals surface area contributed by atoms with Crippen molar-refractivity contribution in [3.05, 3.63) is 26.9 Å². The molecule has 2 aromatic rings. The summed E-state index contributed by atoms with van der Waals surface area (Å²) in [6, 6.07) is 1.54. The quantitative estimate of drug-likeness (QED) is 0.824. The van der Waals surface area contributed by atoms with E-state index in [2.05, 4.69) is 35.3 Å². The van der Waals surface area contributed by atoms with Gasteiger partial charge in [-0.3, -0.25) is 0 Å². The van der Waals surface area contributed by atoms with Crippen molar-refractivity contribution in [2.24, 2.45) is 5.73 Å². The van der Waals surface area contributed by atoms with Gasteiger partial charge in [0.05, 0.1) is 10.3 Å². The van der Waals surface area contributed by atoms with Crippen LogP contribution in [0.25, 0.3) is 0 Å². The first kappa shape index (κ1) is 13.6. The molecule has 0 aromatic carbocycles. The van der Waals surface area contributed by atoms with Crippen molar-refractivity contribution < 1.29 is 12.9 Å². The van der Waals surface area contributed by atoms with Crippen LogP contribution < -0.4 is 10.5 Å². The lowest BCUT2D eigenvalue weighted by Crippen LogP contribution is -2.23. The average Bonchev–Trinajstić information content (AvgIpc) is 2.95. The van der Waals surface area contributed by atoms with Crippen molar-refractivity contribution in [1.29, 1.82) is 0 Å². The van der Waals surface area contributed by atoms with Gasteiger partial charge in [0.25, 0.3) is 0 Å². The number of halogens is 1. The molecule has 0 aliphatic carbocycles. The summed E-state index contributed by atoms with van der Waals surface area (Å²) in [5.74, 6) is 0.268. The molecule has 0 saturated heterocycles. The minimum Gasteiger partial charge on any atom is -0.343 e. The number of nitrogens with one attached hydrogen (secondary N) is 1. The van der Waals surface area contributed by atoms with Crippen LogP contribution >= 0.6 is 27.3 Å². The molecule has 2 heterocycles. The van der Waals surface area contributed by atoms with Gasteiger partial charge in [0.2, 0.25) is 16.4 Å². The lowest BCUT2D eigenvalue weighted by Gasteiger charge is -2.02. The van der Waals surface area contributed by atoms with E-state index in [1.807, 2.05) is 0 Å². The molecule has 0 saturated carbocycles. The Morgan fingerprint density at radius 2 is 2.33 bits per heavy atom. The SMILES string of the molecule is NCc1cc(S(=O)(=O)NCc2ncon2)c(Br)s1. The van der Waals surface area contributed by atoms with Crippen LogP contribution in [-0.4, -0.2) is 18.6 Å². The minimum absolute atomic E-state index is 0.0287. The molecule has 10 heteroatoms. The van der Waals surface area contributed by atoms with Crippen LogP contribution in [0.5, 0.6) is 0 Å². The van der Waals surface area contributed by atoms with Gasteiger partial charge in [0.15, 0.2) is 5.82 Å². The number of nitrogens with two attached hydrogens (primary N) is 1. The number of rotatable bonds is 5. The van der Waals surface area contributed by atoms with E-state index < -0.39 is 10.0 Å². The van der Waals surface area contributed by atoms with Gasteiger partial charge in [-0.2, -0.15) is 4.98 Å². The smallest absolute Gasteiger partial charge is 0.242 e. The second-order valence-corrected chi connectivity index (χ2v) is 7.42. The molecule has 98 valence electrons. The van der Waals surface area contributed by atoms with Crippen LogP contribution in [0.1, 0.15) is 10.7 Å². The molecular formula is C8H9BrN4O3S2. The van der Waals surface area contributed by atoms with Crippen LogP contribution in [0.4, 0.5) is 0 Å². The molecule has 0 bridgehead atoms. The predicted octanol–water partition coefficient (Wildman–Crippen LogP) is 0.831. The molecule has 2 rings (SSSR count). The molecule has 18 heavy (non-hydrogen) atoms. The summed E-state index contributed by atoms with van der Waals surface area (Å²) in [6.45, 7) is 0.267. The fraction of sp³-hybridized carbons (Fsp3) is 0.250. The van der Waals surface area contributed by atoms with Crippen LogP contribution in [-0.2, 0) is 23.1 Å². The molecule has 0 atom stereocenters. The molecule has 3 N–H and O–H groups in total. The molecule has 0 aliphatic heterocycles. The second-order valence-electron chi connectivity index (χ2n) is 3.23. The zero-order valence-corrected chi connectivity index (χ0v) is 12.2. The third kappa shape index (κ3) is 2.95. The molecular weight excluding hydrogens is 344 g/mol. The fourth-order valence-corrected chi connectivity index (χ4v) is 4.73. The lowest BCUT2D eigenvalue weighted by atomic mass is 10.5. The fourth-order valence-electron chi connectivity index (χ4n) is 1.19. The number of nitrogens with zero attached hydrogens (tertiary/aromatic N) is 2. The van der Waals surface area contributed by atoms with E-state index >= 15 is 0 Å². The highest BCUT2D eigenvalue weighted by Crippen LogP contribution is 2.31. The van der Waals surface area contributed by atoms with Crippen LogP contribution in [0.3, 0.4) is 0 Å². The monoisotopic (exact) mass is 352 g/mol. The summed E-state index contributed by atoms with van der Waals surface area (Å²) in [5, 5.41) is 3.51. The number of sulfonamides is 1. The van der Waals surface area contributed by atoms with Crippen molar-refractivity contribution >= 4 is 37.3 Å². The summed E-state index contributed by atoms with van der Waals surface area (Å²) >= 11 is 4.49.